The number of hydrogen-bond donors (Lipinski definition) is 17. The van der Waals surface area contributed by atoms with Crippen molar-refractivity contribution in [2.45, 2.75) is 415 Å². The third kappa shape index (κ3) is 79.7. The fourth-order valence-corrected chi connectivity index (χ4v) is 10.5. The van der Waals surface area contributed by atoms with E-state index in [0.717, 1.165) is 31.2 Å². The summed E-state index contributed by atoms with van der Waals surface area (Å²) >= 11 is 0. The van der Waals surface area contributed by atoms with Crippen LogP contribution in [-0.2, 0) is 59.0 Å². The molecular weight excluding hydrogens is 1600 g/mol. The zero-order valence-corrected chi connectivity index (χ0v) is 83.2. The molecule has 124 heavy (non-hydrogen) atoms. The number of aliphatic hydroxyl groups is 8. The number of carbonyl (C=O) groups excluding carboxylic acids is 12. The van der Waals surface area contributed by atoms with E-state index in [1.54, 1.807) is 83.1 Å². The summed E-state index contributed by atoms with van der Waals surface area (Å²) in [5, 5.41) is 102. The molecule has 0 saturated heterocycles. The van der Waals surface area contributed by atoms with Crippen molar-refractivity contribution in [3.63, 3.8) is 0 Å². The van der Waals surface area contributed by atoms with Gasteiger partial charge in [-0.2, -0.15) is 0 Å². The summed E-state index contributed by atoms with van der Waals surface area (Å²) in [5.41, 5.74) is -1.54. The van der Waals surface area contributed by atoms with E-state index in [9.17, 15) is 98.4 Å². The largest absolute Gasteiger partial charge is 0.387 e. The van der Waals surface area contributed by atoms with Gasteiger partial charge < -0.3 is 98.2 Å². The highest BCUT2D eigenvalue weighted by Crippen LogP contribution is 2.26. The first-order valence-electron chi connectivity index (χ1n) is 43.3. The Morgan fingerprint density at radius 2 is 0.565 bits per heavy atom. The van der Waals surface area contributed by atoms with E-state index >= 15 is 0 Å². The first kappa shape index (κ1) is 126. The smallest absolute Gasteiger partial charge is 0.319 e. The van der Waals surface area contributed by atoms with Crippen LogP contribution in [0.15, 0.2) is 24.3 Å². The number of Topliss-reactive ketones (excluding diaryl/α,β-unsaturated/α-hetero) is 6. The molecule has 0 radical (unpaired) electrons. The van der Waals surface area contributed by atoms with Gasteiger partial charge in [-0.15, -0.1) is 0 Å². The predicted molar refractivity (Wildman–Crippen MR) is 490 cm³/mol. The van der Waals surface area contributed by atoms with Crippen molar-refractivity contribution in [2.75, 3.05) is 44.8 Å². The van der Waals surface area contributed by atoms with E-state index in [1.165, 1.54) is 0 Å². The van der Waals surface area contributed by atoms with Gasteiger partial charge in [0.1, 0.15) is 47.9 Å². The van der Waals surface area contributed by atoms with Gasteiger partial charge >= 0.3 is 18.1 Å². The number of hydrogen-bond acceptors (Lipinski definition) is 22. The molecule has 31 heteroatoms. The lowest BCUT2D eigenvalue weighted by molar-refractivity contribution is -0.156. The summed E-state index contributed by atoms with van der Waals surface area (Å²) in [6.07, 6.45) is -7.27. The molecule has 1 aromatic carbocycles. The maximum absolute atomic E-state index is 12.0. The van der Waals surface area contributed by atoms with Crippen molar-refractivity contribution in [1.29, 1.82) is 0 Å². The van der Waals surface area contributed by atoms with Crippen LogP contribution >= 0.6 is 0 Å². The van der Waals surface area contributed by atoms with Crippen molar-refractivity contribution in [2.24, 2.45) is 32.5 Å². The molecule has 0 bridgehead atoms. The number of amides is 9. The lowest BCUT2D eigenvalue weighted by atomic mass is 9.86. The summed E-state index contributed by atoms with van der Waals surface area (Å²) in [6, 6.07) is 6.86. The summed E-state index contributed by atoms with van der Waals surface area (Å²) < 4.78 is 10.8. The monoisotopic (exact) mass is 1770 g/mol. The maximum Gasteiger partial charge on any atom is 0.319 e. The van der Waals surface area contributed by atoms with Crippen LogP contribution in [0.3, 0.4) is 0 Å². The fourth-order valence-electron chi connectivity index (χ4n) is 10.5. The van der Waals surface area contributed by atoms with Crippen molar-refractivity contribution in [3.8, 4) is 0 Å². The Kier molecular flexibility index (Phi) is 57.1. The molecule has 0 fully saturated rings. The molecule has 0 aliphatic carbocycles. The highest BCUT2D eigenvalue weighted by atomic mass is 16.5. The average Bonchev–Trinajstić information content (AvgIpc) is 0.847. The van der Waals surface area contributed by atoms with Crippen LogP contribution in [0.4, 0.5) is 20.1 Å². The Morgan fingerprint density at radius 1 is 0.282 bits per heavy atom. The van der Waals surface area contributed by atoms with Gasteiger partial charge in [-0.3, -0.25) is 43.2 Å². The van der Waals surface area contributed by atoms with E-state index < -0.39 is 106 Å². The Labute approximate surface area is 745 Å². The van der Waals surface area contributed by atoms with Crippen LogP contribution < -0.4 is 47.9 Å². The van der Waals surface area contributed by atoms with E-state index in [0.29, 0.717) is 95.3 Å². The van der Waals surface area contributed by atoms with Gasteiger partial charge in [-0.05, 0) is 194 Å². The molecular formula is C93H175N9O22. The fraction of sp³-hybridized carbons (Fsp3) is 0.806. The van der Waals surface area contributed by atoms with Gasteiger partial charge in [0.05, 0.1) is 19.8 Å². The molecule has 0 unspecified atom stereocenters. The number of benzene rings is 1. The van der Waals surface area contributed by atoms with Crippen LogP contribution in [0.5, 0.6) is 0 Å². The highest BCUT2D eigenvalue weighted by Gasteiger charge is 2.40. The van der Waals surface area contributed by atoms with Crippen LogP contribution in [0.2, 0.25) is 0 Å². The maximum atomic E-state index is 12.0. The molecule has 0 saturated carbocycles. The highest BCUT2D eigenvalue weighted by molar-refractivity contribution is 5.93. The van der Waals surface area contributed by atoms with Gasteiger partial charge in [0, 0.05) is 116 Å². The molecule has 8 atom stereocenters. The minimum Gasteiger partial charge on any atom is -0.387 e. The summed E-state index contributed by atoms with van der Waals surface area (Å²) in [5.74, 6) is -3.22. The zero-order valence-electron chi connectivity index (χ0n) is 83.2. The van der Waals surface area contributed by atoms with Crippen molar-refractivity contribution >= 4 is 76.2 Å². The number of nitrogens with one attached hydrogen (secondary N) is 9. The SMILES string of the molecule is CC(C)(C)CC(=O)CCCCCNC(=O)NC(C)(C)C.CC(C)(C)CC(=O)CCCOCCOCCNC(=O)NC(C)(C)C.CC(C)(C)CC(=O)Cc1ccc(NC(=O)NC(C)(C)C)cc1.CC(C)(C)CC(=O)[C@@H](O)[C@H](O)C(=O)NC(C)(C)C.CC(C)(C)CC(=O)[C@@H](O)[C@H](O)C(=O)NC(C)(C)C.CC(C)(C)CC(=O)[C@@H](O)[C@H](O)[C@@H](O)[C@H](O)C(=O)NC(C)(C)C. The summed E-state index contributed by atoms with van der Waals surface area (Å²) in [4.78, 5) is 140. The molecule has 0 spiro atoms. The number of carbonyl (C=O) groups is 12. The zero-order chi connectivity index (χ0) is 98.7. The van der Waals surface area contributed by atoms with Gasteiger partial charge in [0.15, 0.2) is 35.7 Å². The second-order valence-electron chi connectivity index (χ2n) is 45.4. The number of rotatable bonds is 36. The Morgan fingerprint density at radius 3 is 0.895 bits per heavy atom. The molecule has 1 aromatic rings. The quantitative estimate of drug-likeness (QED) is 0.0277. The minimum absolute atomic E-state index is 0.0117. The molecule has 31 nitrogen and oxygen atoms in total. The summed E-state index contributed by atoms with van der Waals surface area (Å²) in [7, 11) is 0. The second kappa shape index (κ2) is 56.4. The van der Waals surface area contributed by atoms with Crippen LogP contribution in [0.1, 0.15) is 332 Å². The first-order chi connectivity index (χ1) is 55.3. The number of urea groups is 3. The first-order valence-corrected chi connectivity index (χ1v) is 43.3. The van der Waals surface area contributed by atoms with E-state index in [2.05, 4.69) is 110 Å². The number of ether oxygens (including phenoxy) is 2. The number of ketones is 6. The van der Waals surface area contributed by atoms with E-state index in [4.69, 9.17) is 9.47 Å². The lowest BCUT2D eigenvalue weighted by Crippen LogP contribution is -2.55. The molecule has 724 valence electrons. The topological polar surface area (TPSA) is 493 Å². The lowest BCUT2D eigenvalue weighted by Gasteiger charge is -2.29. The van der Waals surface area contributed by atoms with Gasteiger partial charge in [-0.25, -0.2) is 14.4 Å². The normalized spacial score (nSPS) is 14.3. The van der Waals surface area contributed by atoms with Gasteiger partial charge in [0.25, 0.3) is 17.7 Å². The number of anilines is 1. The third-order valence-corrected chi connectivity index (χ3v) is 15.3. The van der Waals surface area contributed by atoms with Crippen molar-refractivity contribution in [3.05, 3.63) is 29.8 Å². The van der Waals surface area contributed by atoms with E-state index in [-0.39, 0.29) is 86.8 Å². The second-order valence-corrected chi connectivity index (χ2v) is 45.4. The molecule has 0 heterocycles. The Bertz CT molecular complexity index is 3070. The van der Waals surface area contributed by atoms with E-state index in [1.807, 2.05) is 128 Å². The van der Waals surface area contributed by atoms with Gasteiger partial charge in [-0.1, -0.05) is 143 Å². The minimum atomic E-state index is -1.97. The number of unbranched alkanes of at least 4 members (excludes halogenated alkanes) is 2. The molecule has 0 aliphatic rings. The molecule has 0 aliphatic heterocycles. The Hall–Kier alpha value is -6.94. The van der Waals surface area contributed by atoms with Crippen LogP contribution in [0, 0.1) is 32.5 Å². The molecule has 17 N–H and O–H groups in total. The standard InChI is InChI=1S/C18H36N2O4.C18H28N2O2.C16H32N2O2.C15H29NO6.2C13H25NO4/c1-17(2,3)14-15(21)8-7-10-23-12-13-24-11-9-19-16(22)20-18(4,5)6;1-17(2,3)12-15(21)11-13-7-9-14(10-8-13)19-16(22)20-18(4,5)6;1-15(2,3)12-13(19)10-8-7-9-11-17-14(20)18-16(4,5)6;1-14(2,3)7-8(17)9(18)10(19)11(20)12(21)13(22)16-15(4,5)6;2*1-12(2,3)7-8(15)9(16)10(17)11(18)14-13(4,5)6/h7-14H2,1-6H3,(H2,19,20,22);7-10H,11-12H2,1-6H3,(H2,19,20,22);7-12H2,1-6H3,(H2,17,18,20);9-12,18-21H,7H2,1-6H3,(H,16,22);2*9-10,16-17H,7H2,1-6H3,(H,14,18)/t;;;9-,10+,11-,12+;2*9-,10+/m...111/s1. The van der Waals surface area contributed by atoms with Crippen LogP contribution in [-0.4, -0.2) is 233 Å². The molecule has 0 aromatic heterocycles. The molecule has 9 amide bonds. The average molecular weight is 1770 g/mol. The van der Waals surface area contributed by atoms with Gasteiger partial charge in [0.2, 0.25) is 0 Å². The van der Waals surface area contributed by atoms with Crippen LogP contribution in [0.25, 0.3) is 0 Å². The summed E-state index contributed by atoms with van der Waals surface area (Å²) in [6.45, 7) is 71.2. The molecule has 1 rings (SSSR count). The van der Waals surface area contributed by atoms with Crippen molar-refractivity contribution in [1.82, 2.24) is 42.5 Å². The third-order valence-electron chi connectivity index (χ3n) is 15.3. The predicted octanol–water partition coefficient (Wildman–Crippen LogP) is 11.3. The Balaban J connectivity index is -0.000000458. The van der Waals surface area contributed by atoms with Crippen molar-refractivity contribution < 1.29 is 108 Å². The number of aliphatic hydroxyl groups excluding tert-OH is 8.